The van der Waals surface area contributed by atoms with Gasteiger partial charge >= 0.3 is 0 Å². The lowest BCUT2D eigenvalue weighted by molar-refractivity contribution is 0.288. The first-order chi connectivity index (χ1) is 9.13. The fraction of sp³-hybridized carbons (Fsp3) is 0.286. The summed E-state index contributed by atoms with van der Waals surface area (Å²) in [6.07, 6.45) is 1.78. The number of aryl methyl sites for hydroxylation is 1. The lowest BCUT2D eigenvalue weighted by Gasteiger charge is -2.10. The normalized spacial score (nSPS) is 10.4. The number of aromatic nitrogens is 3. The number of nitrogens with one attached hydrogen (secondary N) is 1. The standard InChI is InChI=1S/C14H17N3OS/c1-4-8-17-13(15-16-14(17)19)9-18-12-7-5-6-10(2)11(12)3/h4-7H,1,8-9H2,2-3H3,(H,16,19). The zero-order chi connectivity index (χ0) is 13.8. The number of H-pyrrole nitrogens is 1. The van der Waals surface area contributed by atoms with Crippen LogP contribution in [0.5, 0.6) is 5.75 Å². The maximum atomic E-state index is 5.82. The van der Waals surface area contributed by atoms with Gasteiger partial charge in [0.05, 0.1) is 0 Å². The molecule has 2 aromatic rings. The van der Waals surface area contributed by atoms with Crippen LogP contribution in [0.15, 0.2) is 30.9 Å². The average Bonchev–Trinajstić information content (AvgIpc) is 2.74. The first-order valence-corrected chi connectivity index (χ1v) is 6.48. The predicted octanol–water partition coefficient (Wildman–Crippen LogP) is 3.32. The van der Waals surface area contributed by atoms with Crippen molar-refractivity contribution < 1.29 is 4.74 Å². The van der Waals surface area contributed by atoms with Gasteiger partial charge in [0, 0.05) is 6.54 Å². The molecule has 1 aromatic heterocycles. The molecule has 19 heavy (non-hydrogen) atoms. The van der Waals surface area contributed by atoms with E-state index in [0.717, 1.165) is 17.1 Å². The second-order valence-corrected chi connectivity index (χ2v) is 4.72. The van der Waals surface area contributed by atoms with E-state index in [9.17, 15) is 0 Å². The maximum Gasteiger partial charge on any atom is 0.195 e. The molecule has 0 radical (unpaired) electrons. The van der Waals surface area contributed by atoms with E-state index in [0.29, 0.717) is 17.9 Å². The fourth-order valence-corrected chi connectivity index (χ4v) is 2.03. The SMILES string of the molecule is C=CCn1c(COc2cccc(C)c2C)n[nH]c1=S. The number of rotatable bonds is 5. The van der Waals surface area contributed by atoms with Crippen LogP contribution in [0, 0.1) is 18.6 Å². The van der Waals surface area contributed by atoms with Gasteiger partial charge in [-0.05, 0) is 43.3 Å². The Hall–Kier alpha value is -1.88. The van der Waals surface area contributed by atoms with Crippen molar-refractivity contribution in [1.82, 2.24) is 14.8 Å². The summed E-state index contributed by atoms with van der Waals surface area (Å²) >= 11 is 5.16. The van der Waals surface area contributed by atoms with Crippen LogP contribution in [-0.2, 0) is 13.2 Å². The van der Waals surface area contributed by atoms with E-state index < -0.39 is 0 Å². The largest absolute Gasteiger partial charge is 0.485 e. The van der Waals surface area contributed by atoms with Crippen molar-refractivity contribution in [2.75, 3.05) is 0 Å². The summed E-state index contributed by atoms with van der Waals surface area (Å²) in [5, 5.41) is 6.95. The van der Waals surface area contributed by atoms with E-state index in [1.807, 2.05) is 23.6 Å². The Morgan fingerprint density at radius 2 is 2.26 bits per heavy atom. The highest BCUT2D eigenvalue weighted by atomic mass is 32.1. The van der Waals surface area contributed by atoms with Crippen LogP contribution in [0.25, 0.3) is 0 Å². The molecule has 0 aliphatic carbocycles. The Balaban J connectivity index is 2.17. The molecule has 100 valence electrons. The van der Waals surface area contributed by atoms with Crippen LogP contribution in [0.4, 0.5) is 0 Å². The summed E-state index contributed by atoms with van der Waals surface area (Å²) in [7, 11) is 0. The van der Waals surface area contributed by atoms with Crippen LogP contribution >= 0.6 is 12.2 Å². The van der Waals surface area contributed by atoms with Gasteiger partial charge in [-0.2, -0.15) is 5.10 Å². The van der Waals surface area contributed by atoms with E-state index in [1.54, 1.807) is 6.08 Å². The Kier molecular flexibility index (Phi) is 4.16. The smallest absolute Gasteiger partial charge is 0.195 e. The number of ether oxygens (including phenoxy) is 1. The quantitative estimate of drug-likeness (QED) is 0.672. The van der Waals surface area contributed by atoms with E-state index >= 15 is 0 Å². The van der Waals surface area contributed by atoms with Crippen molar-refractivity contribution in [2.45, 2.75) is 27.0 Å². The van der Waals surface area contributed by atoms with Gasteiger partial charge in [0.2, 0.25) is 0 Å². The molecule has 5 heteroatoms. The molecule has 0 saturated heterocycles. The fourth-order valence-electron chi connectivity index (χ4n) is 1.80. The van der Waals surface area contributed by atoms with Crippen molar-refractivity contribution >= 4 is 12.2 Å². The third kappa shape index (κ3) is 2.93. The summed E-state index contributed by atoms with van der Waals surface area (Å²) in [4.78, 5) is 0. The Labute approximate surface area is 117 Å². The number of allylic oxidation sites excluding steroid dienone is 1. The molecule has 1 aromatic carbocycles. The van der Waals surface area contributed by atoms with Crippen molar-refractivity contribution in [2.24, 2.45) is 0 Å². The predicted molar refractivity (Wildman–Crippen MR) is 77.9 cm³/mol. The van der Waals surface area contributed by atoms with Gasteiger partial charge in [-0.3, -0.25) is 9.67 Å². The molecular formula is C14H17N3OS. The van der Waals surface area contributed by atoms with Crippen LogP contribution in [0.2, 0.25) is 0 Å². The second-order valence-electron chi connectivity index (χ2n) is 4.33. The van der Waals surface area contributed by atoms with Crippen LogP contribution in [0.1, 0.15) is 17.0 Å². The van der Waals surface area contributed by atoms with Crippen LogP contribution in [0.3, 0.4) is 0 Å². The van der Waals surface area contributed by atoms with E-state index in [4.69, 9.17) is 17.0 Å². The topological polar surface area (TPSA) is 42.8 Å². The highest BCUT2D eigenvalue weighted by Gasteiger charge is 2.07. The van der Waals surface area contributed by atoms with Crippen molar-refractivity contribution in [3.05, 3.63) is 52.6 Å². The van der Waals surface area contributed by atoms with Gasteiger partial charge in [0.1, 0.15) is 12.4 Å². The minimum absolute atomic E-state index is 0.380. The monoisotopic (exact) mass is 275 g/mol. The summed E-state index contributed by atoms with van der Waals surface area (Å²) in [5.74, 6) is 1.64. The summed E-state index contributed by atoms with van der Waals surface area (Å²) < 4.78 is 8.27. The van der Waals surface area contributed by atoms with Crippen molar-refractivity contribution in [3.63, 3.8) is 0 Å². The van der Waals surface area contributed by atoms with Crippen molar-refractivity contribution in [3.8, 4) is 5.75 Å². The average molecular weight is 275 g/mol. The minimum Gasteiger partial charge on any atom is -0.485 e. The number of hydrogen-bond donors (Lipinski definition) is 1. The molecule has 0 fully saturated rings. The molecule has 0 amide bonds. The Bertz CT molecular complexity index is 642. The zero-order valence-corrected chi connectivity index (χ0v) is 12.0. The molecule has 0 aliphatic heterocycles. The molecule has 1 N–H and O–H groups in total. The lowest BCUT2D eigenvalue weighted by Crippen LogP contribution is -2.07. The Morgan fingerprint density at radius 3 is 3.00 bits per heavy atom. The van der Waals surface area contributed by atoms with Gasteiger partial charge in [-0.25, -0.2) is 0 Å². The van der Waals surface area contributed by atoms with Crippen molar-refractivity contribution in [1.29, 1.82) is 0 Å². The Morgan fingerprint density at radius 1 is 1.47 bits per heavy atom. The van der Waals surface area contributed by atoms with Gasteiger partial charge in [0.25, 0.3) is 0 Å². The summed E-state index contributed by atoms with van der Waals surface area (Å²) in [5.41, 5.74) is 2.36. The van der Waals surface area contributed by atoms with E-state index in [-0.39, 0.29) is 0 Å². The van der Waals surface area contributed by atoms with Crippen LogP contribution in [-0.4, -0.2) is 14.8 Å². The molecule has 1 heterocycles. The molecule has 0 atom stereocenters. The molecule has 4 nitrogen and oxygen atoms in total. The molecule has 0 saturated carbocycles. The summed E-state index contributed by atoms with van der Waals surface area (Å²) in [6, 6.07) is 6.01. The highest BCUT2D eigenvalue weighted by Crippen LogP contribution is 2.21. The first kappa shape index (κ1) is 13.5. The number of hydrogen-bond acceptors (Lipinski definition) is 3. The first-order valence-electron chi connectivity index (χ1n) is 6.07. The molecule has 0 unspecified atom stereocenters. The highest BCUT2D eigenvalue weighted by molar-refractivity contribution is 7.71. The third-order valence-electron chi connectivity index (χ3n) is 3.06. The molecule has 0 aliphatic rings. The number of nitrogens with zero attached hydrogens (tertiary/aromatic N) is 2. The molecule has 2 rings (SSSR count). The number of benzene rings is 1. The minimum atomic E-state index is 0.380. The molecular weight excluding hydrogens is 258 g/mol. The van der Waals surface area contributed by atoms with E-state index in [1.165, 1.54) is 5.56 Å². The summed E-state index contributed by atoms with van der Waals surface area (Å²) in [6.45, 7) is 8.83. The second kappa shape index (κ2) is 5.84. The molecule has 0 spiro atoms. The number of aromatic amines is 1. The maximum absolute atomic E-state index is 5.82. The lowest BCUT2D eigenvalue weighted by atomic mass is 10.1. The van der Waals surface area contributed by atoms with Gasteiger partial charge in [-0.1, -0.05) is 18.2 Å². The van der Waals surface area contributed by atoms with Crippen LogP contribution < -0.4 is 4.74 Å². The van der Waals surface area contributed by atoms with Gasteiger partial charge < -0.3 is 4.74 Å². The van der Waals surface area contributed by atoms with E-state index in [2.05, 4.69) is 29.8 Å². The van der Waals surface area contributed by atoms with Gasteiger partial charge in [0.15, 0.2) is 10.6 Å². The van der Waals surface area contributed by atoms with Gasteiger partial charge in [-0.15, -0.1) is 6.58 Å². The zero-order valence-electron chi connectivity index (χ0n) is 11.1. The third-order valence-corrected chi connectivity index (χ3v) is 3.37. The molecule has 0 bridgehead atoms.